The summed E-state index contributed by atoms with van der Waals surface area (Å²) in [5, 5.41) is 6.29. The molecule has 0 bridgehead atoms. The quantitative estimate of drug-likeness (QED) is 0.777. The van der Waals surface area contributed by atoms with Crippen molar-refractivity contribution in [2.45, 2.75) is 27.2 Å². The molecular formula is C9H14N2O2. The predicted molar refractivity (Wildman–Crippen MR) is 49.3 cm³/mol. The molecule has 0 fully saturated rings. The fourth-order valence-corrected chi connectivity index (χ4v) is 0.982. The van der Waals surface area contributed by atoms with Crippen LogP contribution in [0.1, 0.15) is 26.0 Å². The standard InChI is InChI=1S/C9H14N2O2/c1-6(2)4-8(12)10-9-5-7(3)11-13-9/h5-6H,4H2,1-3H3,(H,10,12). The number of nitrogens with zero attached hydrogens (tertiary/aromatic N) is 1. The maximum absolute atomic E-state index is 11.2. The van der Waals surface area contributed by atoms with E-state index in [4.69, 9.17) is 4.52 Å². The third-order valence-corrected chi connectivity index (χ3v) is 1.48. The largest absolute Gasteiger partial charge is 0.338 e. The van der Waals surface area contributed by atoms with Crippen LogP contribution in [0, 0.1) is 12.8 Å². The lowest BCUT2D eigenvalue weighted by Gasteiger charge is -2.02. The molecule has 13 heavy (non-hydrogen) atoms. The number of nitrogens with one attached hydrogen (secondary N) is 1. The molecule has 4 nitrogen and oxygen atoms in total. The van der Waals surface area contributed by atoms with Gasteiger partial charge >= 0.3 is 0 Å². The third kappa shape index (κ3) is 3.27. The van der Waals surface area contributed by atoms with Crippen LogP contribution >= 0.6 is 0 Å². The Morgan fingerprint density at radius 3 is 2.85 bits per heavy atom. The SMILES string of the molecule is Cc1cc(NC(=O)CC(C)C)on1. The summed E-state index contributed by atoms with van der Waals surface area (Å²) in [6.45, 7) is 5.79. The summed E-state index contributed by atoms with van der Waals surface area (Å²) in [4.78, 5) is 11.2. The summed E-state index contributed by atoms with van der Waals surface area (Å²) in [5.74, 6) is 0.735. The fraction of sp³-hybridized carbons (Fsp3) is 0.556. The zero-order valence-electron chi connectivity index (χ0n) is 8.13. The van der Waals surface area contributed by atoms with E-state index in [1.165, 1.54) is 0 Å². The van der Waals surface area contributed by atoms with Crippen molar-refractivity contribution >= 4 is 11.8 Å². The molecule has 0 radical (unpaired) electrons. The van der Waals surface area contributed by atoms with E-state index < -0.39 is 0 Å². The Hall–Kier alpha value is -1.32. The van der Waals surface area contributed by atoms with E-state index in [1.54, 1.807) is 6.07 Å². The van der Waals surface area contributed by atoms with Crippen LogP contribution in [0.4, 0.5) is 5.88 Å². The number of carbonyl (C=O) groups is 1. The average molecular weight is 182 g/mol. The smallest absolute Gasteiger partial charge is 0.231 e. The van der Waals surface area contributed by atoms with Crippen LogP contribution in [0.25, 0.3) is 0 Å². The van der Waals surface area contributed by atoms with Crippen molar-refractivity contribution in [3.05, 3.63) is 11.8 Å². The van der Waals surface area contributed by atoms with Gasteiger partial charge in [0.1, 0.15) is 0 Å². The van der Waals surface area contributed by atoms with E-state index in [0.717, 1.165) is 5.69 Å². The van der Waals surface area contributed by atoms with Crippen molar-refractivity contribution in [1.29, 1.82) is 0 Å². The molecule has 1 rings (SSSR count). The van der Waals surface area contributed by atoms with Crippen molar-refractivity contribution in [1.82, 2.24) is 5.16 Å². The first kappa shape index (κ1) is 9.77. The molecule has 0 spiro atoms. The highest BCUT2D eigenvalue weighted by Gasteiger charge is 2.07. The highest BCUT2D eigenvalue weighted by molar-refractivity contribution is 5.89. The number of amides is 1. The molecule has 0 saturated carbocycles. The zero-order chi connectivity index (χ0) is 9.84. The minimum Gasteiger partial charge on any atom is -0.338 e. The summed E-state index contributed by atoms with van der Waals surface area (Å²) in [6, 6.07) is 1.69. The lowest BCUT2D eigenvalue weighted by molar-refractivity contribution is -0.117. The molecule has 0 aromatic carbocycles. The van der Waals surface area contributed by atoms with Crippen molar-refractivity contribution < 1.29 is 9.32 Å². The van der Waals surface area contributed by atoms with Crippen molar-refractivity contribution in [2.75, 3.05) is 5.32 Å². The first-order valence-corrected chi connectivity index (χ1v) is 4.31. The van der Waals surface area contributed by atoms with E-state index in [0.29, 0.717) is 18.2 Å². The highest BCUT2D eigenvalue weighted by atomic mass is 16.5. The van der Waals surface area contributed by atoms with Gasteiger partial charge in [0, 0.05) is 12.5 Å². The van der Waals surface area contributed by atoms with E-state index in [1.807, 2.05) is 20.8 Å². The van der Waals surface area contributed by atoms with Crippen molar-refractivity contribution in [3.63, 3.8) is 0 Å². The van der Waals surface area contributed by atoms with Crippen LogP contribution < -0.4 is 5.32 Å². The van der Waals surface area contributed by atoms with Gasteiger partial charge in [-0.25, -0.2) is 0 Å². The van der Waals surface area contributed by atoms with E-state index >= 15 is 0 Å². The third-order valence-electron chi connectivity index (χ3n) is 1.48. The lowest BCUT2D eigenvalue weighted by atomic mass is 10.1. The molecule has 4 heteroatoms. The molecule has 0 aliphatic carbocycles. The molecule has 0 aliphatic rings. The summed E-state index contributed by atoms with van der Waals surface area (Å²) < 4.78 is 4.83. The number of aryl methyl sites for hydroxylation is 1. The molecule has 0 saturated heterocycles. The predicted octanol–water partition coefficient (Wildman–Crippen LogP) is 1.97. The Morgan fingerprint density at radius 1 is 1.69 bits per heavy atom. The number of rotatable bonds is 3. The van der Waals surface area contributed by atoms with E-state index in [9.17, 15) is 4.79 Å². The normalized spacial score (nSPS) is 10.5. The first-order chi connectivity index (χ1) is 6.08. The van der Waals surface area contributed by atoms with E-state index in [2.05, 4.69) is 10.5 Å². The number of hydrogen-bond donors (Lipinski definition) is 1. The van der Waals surface area contributed by atoms with Gasteiger partial charge in [0.25, 0.3) is 0 Å². The second-order valence-electron chi connectivity index (χ2n) is 3.48. The topological polar surface area (TPSA) is 55.1 Å². The molecule has 1 aromatic rings. The van der Waals surface area contributed by atoms with Crippen LogP contribution in [0.5, 0.6) is 0 Å². The maximum atomic E-state index is 11.2. The van der Waals surface area contributed by atoms with Crippen LogP contribution in [-0.2, 0) is 4.79 Å². The van der Waals surface area contributed by atoms with Gasteiger partial charge in [0.05, 0.1) is 5.69 Å². The van der Waals surface area contributed by atoms with Crippen LogP contribution in [-0.4, -0.2) is 11.1 Å². The molecule has 1 aromatic heterocycles. The highest BCUT2D eigenvalue weighted by Crippen LogP contribution is 2.09. The van der Waals surface area contributed by atoms with Gasteiger partial charge in [-0.05, 0) is 12.8 Å². The second kappa shape index (κ2) is 4.07. The van der Waals surface area contributed by atoms with Crippen LogP contribution in [0.15, 0.2) is 10.6 Å². The minimum absolute atomic E-state index is 0.0360. The van der Waals surface area contributed by atoms with Gasteiger partial charge in [0.15, 0.2) is 0 Å². The lowest BCUT2D eigenvalue weighted by Crippen LogP contribution is -2.13. The monoisotopic (exact) mass is 182 g/mol. The number of aromatic nitrogens is 1. The van der Waals surface area contributed by atoms with Gasteiger partial charge in [-0.3, -0.25) is 10.1 Å². The summed E-state index contributed by atoms with van der Waals surface area (Å²) in [5.41, 5.74) is 0.764. The first-order valence-electron chi connectivity index (χ1n) is 4.31. The summed E-state index contributed by atoms with van der Waals surface area (Å²) in [7, 11) is 0. The Labute approximate surface area is 77.3 Å². The molecular weight excluding hydrogens is 168 g/mol. The Balaban J connectivity index is 2.45. The average Bonchev–Trinajstić information content (AvgIpc) is 2.33. The van der Waals surface area contributed by atoms with Gasteiger partial charge in [-0.2, -0.15) is 0 Å². The molecule has 1 heterocycles. The molecule has 0 aliphatic heterocycles. The van der Waals surface area contributed by atoms with Crippen molar-refractivity contribution in [3.8, 4) is 0 Å². The Bertz CT molecular complexity index is 292. The number of anilines is 1. The van der Waals surface area contributed by atoms with E-state index in [-0.39, 0.29) is 5.91 Å². The summed E-state index contributed by atoms with van der Waals surface area (Å²) in [6.07, 6.45) is 0.500. The molecule has 0 atom stereocenters. The summed E-state index contributed by atoms with van der Waals surface area (Å²) >= 11 is 0. The second-order valence-corrected chi connectivity index (χ2v) is 3.48. The number of carbonyl (C=O) groups excluding carboxylic acids is 1. The van der Waals surface area contributed by atoms with Crippen LogP contribution in [0.2, 0.25) is 0 Å². The minimum atomic E-state index is -0.0360. The van der Waals surface area contributed by atoms with Gasteiger partial charge in [-0.15, -0.1) is 0 Å². The fourth-order valence-electron chi connectivity index (χ4n) is 0.982. The molecule has 1 amide bonds. The van der Waals surface area contributed by atoms with Crippen molar-refractivity contribution in [2.24, 2.45) is 5.92 Å². The number of hydrogen-bond acceptors (Lipinski definition) is 3. The Morgan fingerprint density at radius 2 is 2.38 bits per heavy atom. The molecule has 0 unspecified atom stereocenters. The molecule has 1 N–H and O–H groups in total. The van der Waals surface area contributed by atoms with Gasteiger partial charge in [0.2, 0.25) is 11.8 Å². The molecule has 72 valence electrons. The van der Waals surface area contributed by atoms with Gasteiger partial charge in [-0.1, -0.05) is 19.0 Å². The maximum Gasteiger partial charge on any atom is 0.231 e. The zero-order valence-corrected chi connectivity index (χ0v) is 8.13. The van der Waals surface area contributed by atoms with Crippen LogP contribution in [0.3, 0.4) is 0 Å². The Kier molecular flexibility index (Phi) is 3.06. The van der Waals surface area contributed by atoms with Gasteiger partial charge < -0.3 is 4.52 Å².